The summed E-state index contributed by atoms with van der Waals surface area (Å²) in [5.74, 6) is 0. The lowest BCUT2D eigenvalue weighted by Gasteiger charge is -2.35. The molecule has 0 bridgehead atoms. The fourth-order valence-electron chi connectivity index (χ4n) is 1.74. The molecule has 1 heterocycles. The zero-order valence-corrected chi connectivity index (χ0v) is 9.88. The van der Waals surface area contributed by atoms with E-state index in [9.17, 15) is 0 Å². The van der Waals surface area contributed by atoms with E-state index in [0.717, 1.165) is 19.6 Å². The summed E-state index contributed by atoms with van der Waals surface area (Å²) in [6.07, 6.45) is 0. The Bertz CT molecular complexity index is 305. The molecule has 1 aliphatic rings. The maximum atomic E-state index is 6.21. The molecule has 1 fully saturated rings. The van der Waals surface area contributed by atoms with Gasteiger partial charge in [0.05, 0.1) is 0 Å². The highest BCUT2D eigenvalue weighted by Crippen LogP contribution is 2.18. The molecular weight excluding hydrogens is 231 g/mol. The van der Waals surface area contributed by atoms with Crippen LogP contribution in [-0.4, -0.2) is 29.0 Å². The second-order valence-corrected chi connectivity index (χ2v) is 4.60. The van der Waals surface area contributed by atoms with Gasteiger partial charge in [-0.1, -0.05) is 30.3 Å². The molecule has 1 N–H and O–H groups in total. The van der Waals surface area contributed by atoms with Crippen molar-refractivity contribution in [2.45, 2.75) is 17.5 Å². The van der Waals surface area contributed by atoms with Crippen molar-refractivity contribution in [2.24, 2.45) is 0 Å². The standard InChI is InChI=1S/C11H14Cl2N2/c12-10-11(13)15(7-6-14-10)8-9-4-2-1-3-5-9/h1-5,10-11,14H,6-8H2. The first-order valence-corrected chi connectivity index (χ1v) is 5.94. The minimum absolute atomic E-state index is 0.138. The van der Waals surface area contributed by atoms with E-state index in [1.165, 1.54) is 5.56 Å². The van der Waals surface area contributed by atoms with Gasteiger partial charge in [0.2, 0.25) is 0 Å². The Hall–Kier alpha value is -0.280. The summed E-state index contributed by atoms with van der Waals surface area (Å²) in [6.45, 7) is 2.69. The topological polar surface area (TPSA) is 15.3 Å². The molecule has 2 unspecified atom stereocenters. The van der Waals surface area contributed by atoms with Crippen LogP contribution in [0, 0.1) is 0 Å². The fraction of sp³-hybridized carbons (Fsp3) is 0.455. The number of piperazine rings is 1. The predicted octanol–water partition coefficient (Wildman–Crippen LogP) is 2.22. The third kappa shape index (κ3) is 2.85. The highest BCUT2D eigenvalue weighted by molar-refractivity contribution is 6.29. The van der Waals surface area contributed by atoms with Gasteiger partial charge in [-0.05, 0) is 5.56 Å². The molecule has 1 aliphatic heterocycles. The van der Waals surface area contributed by atoms with Crippen molar-refractivity contribution in [1.29, 1.82) is 0 Å². The van der Waals surface area contributed by atoms with Gasteiger partial charge in [-0.15, -0.1) is 23.2 Å². The summed E-state index contributed by atoms with van der Waals surface area (Å²) in [7, 11) is 0. The molecule has 1 saturated heterocycles. The maximum Gasteiger partial charge on any atom is 0.115 e. The van der Waals surface area contributed by atoms with E-state index >= 15 is 0 Å². The Morgan fingerprint density at radius 3 is 2.73 bits per heavy atom. The van der Waals surface area contributed by atoms with E-state index in [0.29, 0.717) is 0 Å². The Morgan fingerprint density at radius 1 is 1.27 bits per heavy atom. The highest BCUT2D eigenvalue weighted by Gasteiger charge is 2.27. The Labute approximate surface area is 100 Å². The summed E-state index contributed by atoms with van der Waals surface area (Å²) in [6, 6.07) is 10.3. The molecule has 0 radical (unpaired) electrons. The number of nitrogens with one attached hydrogen (secondary N) is 1. The van der Waals surface area contributed by atoms with Gasteiger partial charge in [-0.25, -0.2) is 0 Å². The average molecular weight is 245 g/mol. The second-order valence-electron chi connectivity index (χ2n) is 3.68. The van der Waals surface area contributed by atoms with Gasteiger partial charge in [0.1, 0.15) is 11.0 Å². The Morgan fingerprint density at radius 2 is 2.00 bits per heavy atom. The number of nitrogens with zero attached hydrogens (tertiary/aromatic N) is 1. The molecule has 15 heavy (non-hydrogen) atoms. The summed E-state index contributed by atoms with van der Waals surface area (Å²) in [4.78, 5) is 2.19. The summed E-state index contributed by atoms with van der Waals surface area (Å²) in [5, 5.41) is 3.14. The first-order valence-electron chi connectivity index (χ1n) is 5.07. The average Bonchev–Trinajstić information content (AvgIpc) is 2.26. The van der Waals surface area contributed by atoms with Crippen LogP contribution in [0.2, 0.25) is 0 Å². The molecule has 0 amide bonds. The zero-order chi connectivity index (χ0) is 10.7. The van der Waals surface area contributed by atoms with Crippen molar-refractivity contribution in [3.05, 3.63) is 35.9 Å². The highest BCUT2D eigenvalue weighted by atomic mass is 35.5. The number of hydrogen-bond donors (Lipinski definition) is 1. The van der Waals surface area contributed by atoms with Crippen molar-refractivity contribution >= 4 is 23.2 Å². The molecule has 2 nitrogen and oxygen atoms in total. The van der Waals surface area contributed by atoms with Crippen molar-refractivity contribution in [2.75, 3.05) is 13.1 Å². The lowest BCUT2D eigenvalue weighted by molar-refractivity contribution is 0.193. The SMILES string of the molecule is ClC1NCCN(Cc2ccccc2)C1Cl. The van der Waals surface area contributed by atoms with E-state index < -0.39 is 0 Å². The Kier molecular flexibility index (Phi) is 3.87. The summed E-state index contributed by atoms with van der Waals surface area (Å²) in [5.41, 5.74) is 0.971. The molecule has 0 spiro atoms. The monoisotopic (exact) mass is 244 g/mol. The molecule has 0 aliphatic carbocycles. The van der Waals surface area contributed by atoms with Gasteiger partial charge in [-0.2, -0.15) is 0 Å². The van der Waals surface area contributed by atoms with Crippen LogP contribution in [0.4, 0.5) is 0 Å². The van der Waals surface area contributed by atoms with Crippen molar-refractivity contribution in [3.63, 3.8) is 0 Å². The molecule has 2 rings (SSSR count). The minimum atomic E-state index is -0.163. The van der Waals surface area contributed by atoms with E-state index in [1.807, 2.05) is 18.2 Å². The van der Waals surface area contributed by atoms with Crippen LogP contribution in [0.25, 0.3) is 0 Å². The van der Waals surface area contributed by atoms with Crippen LogP contribution < -0.4 is 5.32 Å². The van der Waals surface area contributed by atoms with E-state index in [2.05, 4.69) is 22.3 Å². The van der Waals surface area contributed by atoms with Crippen molar-refractivity contribution < 1.29 is 0 Å². The molecule has 1 aromatic rings. The largest absolute Gasteiger partial charge is 0.298 e. The van der Waals surface area contributed by atoms with Crippen molar-refractivity contribution in [1.82, 2.24) is 10.2 Å². The van der Waals surface area contributed by atoms with Crippen LogP contribution in [-0.2, 0) is 6.54 Å². The van der Waals surface area contributed by atoms with Crippen LogP contribution in [0.5, 0.6) is 0 Å². The minimum Gasteiger partial charge on any atom is -0.298 e. The number of benzene rings is 1. The van der Waals surface area contributed by atoms with Crippen LogP contribution in [0.15, 0.2) is 30.3 Å². The molecule has 0 aromatic heterocycles. The van der Waals surface area contributed by atoms with E-state index in [4.69, 9.17) is 23.2 Å². The quantitative estimate of drug-likeness (QED) is 0.634. The molecule has 4 heteroatoms. The summed E-state index contributed by atoms with van der Waals surface area (Å²) < 4.78 is 0. The molecule has 2 atom stereocenters. The van der Waals surface area contributed by atoms with Gasteiger partial charge >= 0.3 is 0 Å². The van der Waals surface area contributed by atoms with Gasteiger partial charge < -0.3 is 0 Å². The predicted molar refractivity (Wildman–Crippen MR) is 64.1 cm³/mol. The molecule has 82 valence electrons. The molecule has 1 aromatic carbocycles. The third-order valence-corrected chi connectivity index (χ3v) is 3.61. The zero-order valence-electron chi connectivity index (χ0n) is 8.37. The third-order valence-electron chi connectivity index (χ3n) is 2.56. The number of rotatable bonds is 2. The number of hydrogen-bond acceptors (Lipinski definition) is 2. The molecule has 0 saturated carbocycles. The first-order chi connectivity index (χ1) is 7.27. The Balaban J connectivity index is 1.99. The lowest BCUT2D eigenvalue weighted by atomic mass is 10.2. The first kappa shape index (κ1) is 11.2. The number of alkyl halides is 2. The van der Waals surface area contributed by atoms with E-state index in [-0.39, 0.29) is 11.0 Å². The van der Waals surface area contributed by atoms with Crippen LogP contribution in [0.3, 0.4) is 0 Å². The van der Waals surface area contributed by atoms with Gasteiger partial charge in [-0.3, -0.25) is 10.2 Å². The maximum absolute atomic E-state index is 6.21. The van der Waals surface area contributed by atoms with Crippen LogP contribution in [0.1, 0.15) is 5.56 Å². The lowest BCUT2D eigenvalue weighted by Crippen LogP contribution is -2.52. The normalized spacial score (nSPS) is 27.9. The van der Waals surface area contributed by atoms with Gasteiger partial charge in [0.15, 0.2) is 0 Å². The van der Waals surface area contributed by atoms with Crippen molar-refractivity contribution in [3.8, 4) is 0 Å². The van der Waals surface area contributed by atoms with E-state index in [1.54, 1.807) is 0 Å². The molecular formula is C11H14Cl2N2. The number of halogens is 2. The smallest absolute Gasteiger partial charge is 0.115 e. The second kappa shape index (κ2) is 5.17. The fourth-order valence-corrected chi connectivity index (χ4v) is 2.26. The van der Waals surface area contributed by atoms with Crippen LogP contribution >= 0.6 is 23.2 Å². The van der Waals surface area contributed by atoms with Gasteiger partial charge in [0, 0.05) is 19.6 Å². The summed E-state index contributed by atoms with van der Waals surface area (Å²) >= 11 is 12.3. The van der Waals surface area contributed by atoms with Gasteiger partial charge in [0.25, 0.3) is 0 Å².